The Hall–Kier alpha value is -2.03. The molecule has 0 radical (unpaired) electrons. The lowest BCUT2D eigenvalue weighted by Crippen LogP contribution is -2.03. The van der Waals surface area contributed by atoms with E-state index >= 15 is 0 Å². The fourth-order valence-electron chi connectivity index (χ4n) is 1.10. The predicted molar refractivity (Wildman–Crippen MR) is 67.6 cm³/mol. The molecule has 0 saturated carbocycles. The standard InChI is InChI=1S/C8H6O.C6H10O2/c1-3-8-4-2-7(1)5-6-9-8;1-4-8-6(7)5(2)3/h1-6H;2,4H2,1,3H3. The van der Waals surface area contributed by atoms with E-state index in [9.17, 15) is 4.79 Å². The minimum absolute atomic E-state index is 0.312. The lowest BCUT2D eigenvalue weighted by Gasteiger charge is -1.96. The molecule has 0 atom stereocenters. The Morgan fingerprint density at radius 2 is 2.00 bits per heavy atom. The van der Waals surface area contributed by atoms with Gasteiger partial charge in [0.15, 0.2) is 0 Å². The molecule has 3 rings (SSSR count). The van der Waals surface area contributed by atoms with Crippen molar-refractivity contribution in [3.8, 4) is 5.75 Å². The van der Waals surface area contributed by atoms with Crippen molar-refractivity contribution in [2.75, 3.05) is 6.61 Å². The van der Waals surface area contributed by atoms with Gasteiger partial charge in [0.2, 0.25) is 0 Å². The number of carbonyl (C=O) groups excluding carboxylic acids is 1. The van der Waals surface area contributed by atoms with Crippen LogP contribution in [0.3, 0.4) is 0 Å². The van der Waals surface area contributed by atoms with E-state index < -0.39 is 0 Å². The molecule has 0 fully saturated rings. The first-order valence-electron chi connectivity index (χ1n) is 5.39. The highest BCUT2D eigenvalue weighted by atomic mass is 16.5. The van der Waals surface area contributed by atoms with Gasteiger partial charge in [-0.2, -0.15) is 0 Å². The van der Waals surface area contributed by atoms with Crippen LogP contribution in [0.1, 0.15) is 19.4 Å². The van der Waals surface area contributed by atoms with Gasteiger partial charge in [-0.25, -0.2) is 4.79 Å². The zero-order chi connectivity index (χ0) is 12.7. The van der Waals surface area contributed by atoms with Crippen LogP contribution in [0.15, 0.2) is 42.7 Å². The van der Waals surface area contributed by atoms with Crippen LogP contribution in [0.2, 0.25) is 0 Å². The van der Waals surface area contributed by atoms with Crippen molar-refractivity contribution >= 4 is 12.0 Å². The molecule has 2 bridgehead atoms. The van der Waals surface area contributed by atoms with E-state index in [1.165, 1.54) is 5.56 Å². The minimum atomic E-state index is -0.312. The van der Waals surface area contributed by atoms with Crippen LogP contribution in [-0.4, -0.2) is 12.6 Å². The number of esters is 1. The first-order chi connectivity index (χ1) is 8.13. The average molecular weight is 232 g/mol. The Morgan fingerprint density at radius 1 is 1.35 bits per heavy atom. The Kier molecular flexibility index (Phi) is 5.01. The van der Waals surface area contributed by atoms with E-state index in [4.69, 9.17) is 4.74 Å². The second kappa shape index (κ2) is 6.53. The highest BCUT2D eigenvalue weighted by molar-refractivity contribution is 5.86. The summed E-state index contributed by atoms with van der Waals surface area (Å²) in [5.74, 6) is 0.597. The first kappa shape index (κ1) is 13.0. The monoisotopic (exact) mass is 232 g/mol. The van der Waals surface area contributed by atoms with Crippen LogP contribution in [-0.2, 0) is 9.53 Å². The zero-order valence-corrected chi connectivity index (χ0v) is 10.1. The minimum Gasteiger partial charge on any atom is -0.465 e. The smallest absolute Gasteiger partial charge is 0.333 e. The number of benzene rings is 1. The second-order valence-electron chi connectivity index (χ2n) is 3.49. The summed E-state index contributed by atoms with van der Waals surface area (Å²) in [6.45, 7) is 7.21. The molecule has 0 unspecified atom stereocenters. The highest BCUT2D eigenvalue weighted by Gasteiger charge is 1.98. The molecule has 1 aromatic rings. The number of hydrogen-bond donors (Lipinski definition) is 0. The summed E-state index contributed by atoms with van der Waals surface area (Å²) >= 11 is 0. The molecular formula is C14H16O3. The number of carbonyl (C=O) groups is 1. The van der Waals surface area contributed by atoms with Crippen LogP contribution < -0.4 is 4.74 Å². The van der Waals surface area contributed by atoms with Gasteiger partial charge >= 0.3 is 5.97 Å². The number of hydrogen-bond acceptors (Lipinski definition) is 3. The van der Waals surface area contributed by atoms with Crippen LogP contribution in [0.4, 0.5) is 0 Å². The molecule has 0 spiro atoms. The second-order valence-corrected chi connectivity index (χ2v) is 3.49. The van der Waals surface area contributed by atoms with Crippen LogP contribution in [0.5, 0.6) is 5.75 Å². The highest BCUT2D eigenvalue weighted by Crippen LogP contribution is 2.16. The summed E-state index contributed by atoms with van der Waals surface area (Å²) in [7, 11) is 0. The summed E-state index contributed by atoms with van der Waals surface area (Å²) in [5, 5.41) is 0. The maximum atomic E-state index is 10.4. The summed E-state index contributed by atoms with van der Waals surface area (Å²) < 4.78 is 9.70. The maximum absolute atomic E-state index is 10.4. The molecule has 3 heteroatoms. The average Bonchev–Trinajstić information content (AvgIpc) is 2.67. The molecule has 2 aliphatic heterocycles. The molecule has 1 aromatic carbocycles. The zero-order valence-electron chi connectivity index (χ0n) is 10.1. The van der Waals surface area contributed by atoms with E-state index in [1.54, 1.807) is 20.1 Å². The molecule has 90 valence electrons. The molecule has 3 nitrogen and oxygen atoms in total. The van der Waals surface area contributed by atoms with Gasteiger partial charge in [-0.3, -0.25) is 0 Å². The molecule has 17 heavy (non-hydrogen) atoms. The molecule has 0 N–H and O–H groups in total. The third-order valence-electron chi connectivity index (χ3n) is 1.97. The van der Waals surface area contributed by atoms with Crippen molar-refractivity contribution in [2.24, 2.45) is 0 Å². The lowest BCUT2D eigenvalue weighted by atomic mass is 10.2. The van der Waals surface area contributed by atoms with Gasteiger partial charge < -0.3 is 9.47 Å². The predicted octanol–water partition coefficient (Wildman–Crippen LogP) is 3.18. The van der Waals surface area contributed by atoms with E-state index in [2.05, 4.69) is 11.3 Å². The van der Waals surface area contributed by atoms with Gasteiger partial charge in [0.25, 0.3) is 0 Å². The first-order valence-corrected chi connectivity index (χ1v) is 5.39. The SMILES string of the molecule is C1=Cc2ccc(cc2)O1.C=C(C)C(=O)OCC. The molecule has 0 aromatic heterocycles. The van der Waals surface area contributed by atoms with E-state index in [0.29, 0.717) is 12.2 Å². The third kappa shape index (κ3) is 4.55. The third-order valence-corrected chi connectivity index (χ3v) is 1.97. The largest absolute Gasteiger partial charge is 0.465 e. The van der Waals surface area contributed by atoms with Gasteiger partial charge in [0, 0.05) is 5.57 Å². The van der Waals surface area contributed by atoms with E-state index in [-0.39, 0.29) is 5.97 Å². The molecule has 0 saturated heterocycles. The molecular weight excluding hydrogens is 216 g/mol. The van der Waals surface area contributed by atoms with Crippen molar-refractivity contribution < 1.29 is 14.3 Å². The summed E-state index contributed by atoms with van der Waals surface area (Å²) in [5.41, 5.74) is 1.64. The summed E-state index contributed by atoms with van der Waals surface area (Å²) in [4.78, 5) is 10.4. The lowest BCUT2D eigenvalue weighted by molar-refractivity contribution is -0.138. The van der Waals surface area contributed by atoms with E-state index in [0.717, 1.165) is 5.75 Å². The Labute approximate surface area is 101 Å². The normalized spacial score (nSPS) is 10.7. The van der Waals surface area contributed by atoms with Gasteiger partial charge in [-0.05, 0) is 37.6 Å². The quantitative estimate of drug-likeness (QED) is 0.580. The van der Waals surface area contributed by atoms with Crippen molar-refractivity contribution in [1.29, 1.82) is 0 Å². The number of ether oxygens (including phenoxy) is 2. The van der Waals surface area contributed by atoms with Crippen LogP contribution >= 0.6 is 0 Å². The summed E-state index contributed by atoms with van der Waals surface area (Å²) in [6, 6.07) is 7.96. The maximum Gasteiger partial charge on any atom is 0.333 e. The van der Waals surface area contributed by atoms with Crippen molar-refractivity contribution in [2.45, 2.75) is 13.8 Å². The fraction of sp³-hybridized carbons (Fsp3) is 0.214. The van der Waals surface area contributed by atoms with Gasteiger partial charge in [-0.15, -0.1) is 0 Å². The van der Waals surface area contributed by atoms with Gasteiger partial charge in [0.1, 0.15) is 5.75 Å². The van der Waals surface area contributed by atoms with Crippen LogP contribution in [0.25, 0.3) is 6.08 Å². The fourth-order valence-corrected chi connectivity index (χ4v) is 1.10. The van der Waals surface area contributed by atoms with Crippen molar-refractivity contribution in [1.82, 2.24) is 0 Å². The van der Waals surface area contributed by atoms with Gasteiger partial charge in [0.05, 0.1) is 12.9 Å². The van der Waals surface area contributed by atoms with Crippen LogP contribution in [0, 0.1) is 0 Å². The van der Waals surface area contributed by atoms with Crippen molar-refractivity contribution in [3.05, 3.63) is 48.2 Å². The number of fused-ring (bicyclic) bond motifs is 3. The van der Waals surface area contributed by atoms with Crippen molar-refractivity contribution in [3.63, 3.8) is 0 Å². The Morgan fingerprint density at radius 3 is 2.47 bits per heavy atom. The molecule has 2 heterocycles. The van der Waals surface area contributed by atoms with Gasteiger partial charge in [-0.1, -0.05) is 18.7 Å². The number of rotatable bonds is 2. The molecule has 0 aliphatic carbocycles. The topological polar surface area (TPSA) is 35.5 Å². The van der Waals surface area contributed by atoms with E-state index in [1.807, 2.05) is 30.3 Å². The Balaban J connectivity index is 0.000000172. The molecule has 2 aliphatic rings. The Bertz CT molecular complexity index is 416. The molecule has 0 amide bonds. The summed E-state index contributed by atoms with van der Waals surface area (Å²) in [6.07, 6.45) is 3.64.